The van der Waals surface area contributed by atoms with Crippen LogP contribution in [-0.2, 0) is 19.2 Å². The van der Waals surface area contributed by atoms with Crippen LogP contribution in [0.3, 0.4) is 0 Å². The summed E-state index contributed by atoms with van der Waals surface area (Å²) in [5.74, 6) is -4.29. The van der Waals surface area contributed by atoms with Crippen LogP contribution in [0, 0.1) is 5.92 Å². The zero-order valence-corrected chi connectivity index (χ0v) is 7.30. The minimum Gasteiger partial charge on any atom is -0.481 e. The smallest absolute Gasteiger partial charge is 0.304 e. The quantitative estimate of drug-likeness (QED) is 0.433. The fourth-order valence-electron chi connectivity index (χ4n) is 0.841. The van der Waals surface area contributed by atoms with Crippen LogP contribution in [0.15, 0.2) is 0 Å². The molecule has 0 rings (SSSR count). The summed E-state index contributed by atoms with van der Waals surface area (Å²) in [6, 6.07) is 0. The average Bonchev–Trinajstić information content (AvgIpc) is 2.09. The molecule has 0 aromatic carbocycles. The highest BCUT2D eigenvalue weighted by molar-refractivity contribution is 5.97. The first-order valence-electron chi connectivity index (χ1n) is 3.89. The molecule has 6 nitrogen and oxygen atoms in total. The maximum atomic E-state index is 11.1. The fourth-order valence-corrected chi connectivity index (χ4v) is 0.841. The second-order valence-electron chi connectivity index (χ2n) is 2.70. The third kappa shape index (κ3) is 5.02. The van der Waals surface area contributed by atoms with Gasteiger partial charge in [-0.2, -0.15) is 0 Å². The van der Waals surface area contributed by atoms with Gasteiger partial charge >= 0.3 is 11.9 Å². The first-order chi connectivity index (χ1) is 6.47. The van der Waals surface area contributed by atoms with Crippen LogP contribution in [0.4, 0.5) is 0 Å². The van der Waals surface area contributed by atoms with E-state index in [1.807, 2.05) is 0 Å². The normalized spacial score (nSPS) is 11.7. The predicted octanol–water partition coefficient (Wildman–Crippen LogP) is -0.290. The number of hydrogen-bond donors (Lipinski definition) is 2. The molecular weight excluding hydrogens is 192 g/mol. The van der Waals surface area contributed by atoms with Crippen molar-refractivity contribution < 1.29 is 29.4 Å². The van der Waals surface area contributed by atoms with Gasteiger partial charge in [-0.15, -0.1) is 0 Å². The van der Waals surface area contributed by atoms with E-state index in [0.29, 0.717) is 0 Å². The molecular formula is C8H10O6. The van der Waals surface area contributed by atoms with Gasteiger partial charge in [0.25, 0.3) is 0 Å². The number of carboxylic acid groups (broad SMARTS) is 2. The average molecular weight is 202 g/mol. The molecule has 2 N–H and O–H groups in total. The van der Waals surface area contributed by atoms with Gasteiger partial charge in [-0.1, -0.05) is 0 Å². The van der Waals surface area contributed by atoms with Crippen molar-refractivity contribution in [3.8, 4) is 0 Å². The predicted molar refractivity (Wildman–Crippen MR) is 43.7 cm³/mol. The van der Waals surface area contributed by atoms with Gasteiger partial charge in [0.2, 0.25) is 0 Å². The van der Waals surface area contributed by atoms with E-state index in [1.54, 1.807) is 0 Å². The van der Waals surface area contributed by atoms with E-state index in [2.05, 4.69) is 0 Å². The Morgan fingerprint density at radius 3 is 2.00 bits per heavy atom. The van der Waals surface area contributed by atoms with Gasteiger partial charge in [0, 0.05) is 6.42 Å². The molecule has 0 bridgehead atoms. The third-order valence-electron chi connectivity index (χ3n) is 1.56. The van der Waals surface area contributed by atoms with Gasteiger partial charge in [-0.25, -0.2) is 0 Å². The SMILES string of the molecule is O=CC(CC(=O)O)C(=O)CCC(=O)O. The van der Waals surface area contributed by atoms with E-state index in [4.69, 9.17) is 10.2 Å². The zero-order chi connectivity index (χ0) is 11.1. The number of carbonyl (C=O) groups is 4. The summed E-state index contributed by atoms with van der Waals surface area (Å²) in [7, 11) is 0. The number of rotatable bonds is 7. The fraction of sp³-hybridized carbons (Fsp3) is 0.500. The molecule has 0 heterocycles. The van der Waals surface area contributed by atoms with E-state index in [0.717, 1.165) is 0 Å². The summed E-state index contributed by atoms with van der Waals surface area (Å²) in [6.45, 7) is 0. The minimum absolute atomic E-state index is 0.234. The standard InChI is InChI=1S/C8H10O6/c9-4-5(3-8(13)14)6(10)1-2-7(11)12/h4-5H,1-3H2,(H,11,12)(H,13,14). The zero-order valence-electron chi connectivity index (χ0n) is 7.30. The molecule has 14 heavy (non-hydrogen) atoms. The van der Waals surface area contributed by atoms with E-state index in [1.165, 1.54) is 0 Å². The summed E-state index contributed by atoms with van der Waals surface area (Å²) in [6.07, 6.45) is -1.05. The van der Waals surface area contributed by atoms with Gasteiger partial charge in [0.05, 0.1) is 18.8 Å². The largest absolute Gasteiger partial charge is 0.481 e. The molecule has 0 fully saturated rings. The molecule has 0 aromatic rings. The van der Waals surface area contributed by atoms with Gasteiger partial charge in [0.15, 0.2) is 0 Å². The summed E-state index contributed by atoms with van der Waals surface area (Å²) < 4.78 is 0. The Morgan fingerprint density at radius 1 is 1.07 bits per heavy atom. The molecule has 1 unspecified atom stereocenters. The van der Waals surface area contributed by atoms with Crippen molar-refractivity contribution in [1.82, 2.24) is 0 Å². The molecule has 0 spiro atoms. The van der Waals surface area contributed by atoms with Crippen LogP contribution in [0.1, 0.15) is 19.3 Å². The van der Waals surface area contributed by atoms with E-state index in [-0.39, 0.29) is 19.1 Å². The van der Waals surface area contributed by atoms with Crippen LogP contribution in [0.5, 0.6) is 0 Å². The van der Waals surface area contributed by atoms with Crippen molar-refractivity contribution in [3.05, 3.63) is 0 Å². The number of ketones is 1. The Bertz CT molecular complexity index is 257. The number of aldehydes is 1. The third-order valence-corrected chi connectivity index (χ3v) is 1.56. The molecule has 0 aromatic heterocycles. The molecule has 6 heteroatoms. The van der Waals surface area contributed by atoms with E-state index >= 15 is 0 Å². The second kappa shape index (κ2) is 5.85. The van der Waals surface area contributed by atoms with Crippen molar-refractivity contribution >= 4 is 24.0 Å². The van der Waals surface area contributed by atoms with Gasteiger partial charge in [0.1, 0.15) is 12.1 Å². The summed E-state index contributed by atoms with van der Waals surface area (Å²) >= 11 is 0. The second-order valence-corrected chi connectivity index (χ2v) is 2.70. The van der Waals surface area contributed by atoms with Gasteiger partial charge in [-0.3, -0.25) is 14.4 Å². The molecule has 1 atom stereocenters. The molecule has 0 aliphatic heterocycles. The molecule has 0 amide bonds. The monoisotopic (exact) mass is 202 g/mol. The van der Waals surface area contributed by atoms with Crippen molar-refractivity contribution in [2.75, 3.05) is 0 Å². The number of aliphatic carboxylic acids is 2. The maximum Gasteiger partial charge on any atom is 0.304 e. The molecule has 78 valence electrons. The molecule has 0 radical (unpaired) electrons. The Hall–Kier alpha value is -1.72. The maximum absolute atomic E-state index is 11.1. The summed E-state index contributed by atoms with van der Waals surface area (Å²) in [5, 5.41) is 16.6. The van der Waals surface area contributed by atoms with Crippen LogP contribution < -0.4 is 0 Å². The number of hydrogen-bond acceptors (Lipinski definition) is 4. The van der Waals surface area contributed by atoms with Gasteiger partial charge in [-0.05, 0) is 0 Å². The molecule has 0 saturated heterocycles. The minimum atomic E-state index is -1.26. The van der Waals surface area contributed by atoms with Crippen LogP contribution >= 0.6 is 0 Å². The first kappa shape index (κ1) is 12.3. The molecule has 0 aliphatic carbocycles. The highest BCUT2D eigenvalue weighted by Crippen LogP contribution is 2.06. The lowest BCUT2D eigenvalue weighted by molar-refractivity contribution is -0.143. The Balaban J connectivity index is 4.10. The van der Waals surface area contributed by atoms with Crippen LogP contribution in [-0.4, -0.2) is 34.2 Å². The van der Waals surface area contributed by atoms with Crippen molar-refractivity contribution in [2.24, 2.45) is 5.92 Å². The van der Waals surface area contributed by atoms with Crippen molar-refractivity contribution in [3.63, 3.8) is 0 Å². The lowest BCUT2D eigenvalue weighted by Crippen LogP contribution is -2.20. The van der Waals surface area contributed by atoms with E-state index < -0.39 is 30.1 Å². The highest BCUT2D eigenvalue weighted by Gasteiger charge is 2.21. The Morgan fingerprint density at radius 2 is 1.64 bits per heavy atom. The molecule has 0 saturated carbocycles. The van der Waals surface area contributed by atoms with Crippen molar-refractivity contribution in [2.45, 2.75) is 19.3 Å². The summed E-state index contributed by atoms with van der Waals surface area (Å²) in [4.78, 5) is 41.6. The Kier molecular flexibility index (Phi) is 5.13. The number of carboxylic acids is 2. The van der Waals surface area contributed by atoms with Crippen LogP contribution in [0.25, 0.3) is 0 Å². The lowest BCUT2D eigenvalue weighted by Gasteiger charge is -2.04. The van der Waals surface area contributed by atoms with E-state index in [9.17, 15) is 19.2 Å². The van der Waals surface area contributed by atoms with Crippen LogP contribution in [0.2, 0.25) is 0 Å². The molecule has 0 aliphatic rings. The first-order valence-corrected chi connectivity index (χ1v) is 3.89. The van der Waals surface area contributed by atoms with Crippen molar-refractivity contribution in [1.29, 1.82) is 0 Å². The Labute approximate surface area is 79.5 Å². The topological polar surface area (TPSA) is 109 Å². The summed E-state index contributed by atoms with van der Waals surface area (Å²) in [5.41, 5.74) is 0. The highest BCUT2D eigenvalue weighted by atomic mass is 16.4. The lowest BCUT2D eigenvalue weighted by atomic mass is 9.98. The number of Topliss-reactive ketones (excluding diaryl/α,β-unsaturated/α-hetero) is 1. The number of carbonyl (C=O) groups excluding carboxylic acids is 2. The van der Waals surface area contributed by atoms with Gasteiger partial charge < -0.3 is 15.0 Å².